The second-order valence-corrected chi connectivity index (χ2v) is 9.33. The van der Waals surface area contributed by atoms with Gasteiger partial charge in [-0.15, -0.1) is 0 Å². The van der Waals surface area contributed by atoms with Gasteiger partial charge >= 0.3 is 5.97 Å². The Kier molecular flexibility index (Phi) is 10.2. The highest BCUT2D eigenvalue weighted by atomic mass is 16.6. The first-order valence-corrected chi connectivity index (χ1v) is 11.5. The number of rotatable bonds is 12. The quantitative estimate of drug-likeness (QED) is 0.465. The number of aliphatic hydroxyl groups is 1. The Bertz CT molecular complexity index is 854. The van der Waals surface area contributed by atoms with Gasteiger partial charge in [0, 0.05) is 6.42 Å². The van der Waals surface area contributed by atoms with Crippen molar-refractivity contribution in [3.8, 4) is 11.5 Å². The second kappa shape index (κ2) is 12.6. The van der Waals surface area contributed by atoms with Crippen LogP contribution in [-0.2, 0) is 26.1 Å². The first-order valence-electron chi connectivity index (χ1n) is 11.5. The molecule has 0 bridgehead atoms. The molecule has 2 atom stereocenters. The molecular formula is C27H38O6. The molecule has 182 valence electrons. The highest BCUT2D eigenvalue weighted by Crippen LogP contribution is 2.24. The van der Waals surface area contributed by atoms with E-state index in [0.29, 0.717) is 24.5 Å². The van der Waals surface area contributed by atoms with E-state index in [9.17, 15) is 9.90 Å². The molecule has 0 amide bonds. The molecular weight excluding hydrogens is 420 g/mol. The fourth-order valence-electron chi connectivity index (χ4n) is 3.21. The number of esters is 1. The molecule has 6 nitrogen and oxygen atoms in total. The van der Waals surface area contributed by atoms with Crippen LogP contribution in [-0.4, -0.2) is 49.2 Å². The zero-order valence-electron chi connectivity index (χ0n) is 20.7. The maximum Gasteiger partial charge on any atom is 0.335 e. The Morgan fingerprint density at radius 3 is 2.18 bits per heavy atom. The van der Waals surface area contributed by atoms with Crippen LogP contribution in [0, 0.1) is 0 Å². The maximum atomic E-state index is 12.2. The fourth-order valence-corrected chi connectivity index (χ4v) is 3.21. The Labute approximate surface area is 197 Å². The number of ether oxygens (including phenoxy) is 4. The zero-order chi connectivity index (χ0) is 24.4. The molecule has 0 aliphatic rings. The van der Waals surface area contributed by atoms with Crippen LogP contribution in [0.4, 0.5) is 0 Å². The van der Waals surface area contributed by atoms with Gasteiger partial charge in [0.15, 0.2) is 6.10 Å². The number of aliphatic hydroxyl groups excluding tert-OH is 1. The van der Waals surface area contributed by atoms with Crippen LogP contribution in [0.1, 0.15) is 52.7 Å². The number of carbonyl (C=O) groups excluding carboxylic acids is 1. The summed E-state index contributed by atoms with van der Waals surface area (Å²) in [7, 11) is 0. The minimum absolute atomic E-state index is 0.0810. The van der Waals surface area contributed by atoms with E-state index in [1.165, 1.54) is 5.56 Å². The molecule has 2 aromatic rings. The molecule has 33 heavy (non-hydrogen) atoms. The van der Waals surface area contributed by atoms with E-state index in [0.717, 1.165) is 5.56 Å². The van der Waals surface area contributed by atoms with Gasteiger partial charge in [-0.05, 0) is 61.6 Å². The van der Waals surface area contributed by atoms with E-state index in [2.05, 4.69) is 20.8 Å². The molecule has 0 saturated heterocycles. The third kappa shape index (κ3) is 9.44. The highest BCUT2D eigenvalue weighted by Gasteiger charge is 2.22. The number of hydrogen-bond donors (Lipinski definition) is 1. The highest BCUT2D eigenvalue weighted by molar-refractivity contribution is 5.75. The summed E-state index contributed by atoms with van der Waals surface area (Å²) in [6.07, 6.45) is -1.18. The predicted octanol–water partition coefficient (Wildman–Crippen LogP) is 4.70. The molecule has 0 aliphatic heterocycles. The molecule has 0 heterocycles. The van der Waals surface area contributed by atoms with Crippen molar-refractivity contribution in [1.82, 2.24) is 0 Å². The van der Waals surface area contributed by atoms with Crippen molar-refractivity contribution in [2.45, 2.75) is 71.7 Å². The van der Waals surface area contributed by atoms with Gasteiger partial charge in [-0.3, -0.25) is 0 Å². The SMILES string of the molecule is CCOC(=O)C(Cc1cccc(OCC(O)COc2ccc(C(C)(C)C)cc2)c1)OC(C)C. The third-order valence-electron chi connectivity index (χ3n) is 4.91. The number of hydrogen-bond acceptors (Lipinski definition) is 6. The summed E-state index contributed by atoms with van der Waals surface area (Å²) in [6, 6.07) is 15.3. The Morgan fingerprint density at radius 1 is 0.970 bits per heavy atom. The third-order valence-corrected chi connectivity index (χ3v) is 4.91. The van der Waals surface area contributed by atoms with Gasteiger partial charge < -0.3 is 24.1 Å². The van der Waals surface area contributed by atoms with Gasteiger partial charge in [0.1, 0.15) is 30.8 Å². The Hall–Kier alpha value is -2.57. The molecule has 2 aromatic carbocycles. The summed E-state index contributed by atoms with van der Waals surface area (Å²) in [6.45, 7) is 12.5. The molecule has 2 unspecified atom stereocenters. The van der Waals surface area contributed by atoms with Gasteiger partial charge in [0.25, 0.3) is 0 Å². The van der Waals surface area contributed by atoms with Crippen LogP contribution in [0.2, 0.25) is 0 Å². The minimum atomic E-state index is -0.785. The van der Waals surface area contributed by atoms with Crippen molar-refractivity contribution in [1.29, 1.82) is 0 Å². The summed E-state index contributed by atoms with van der Waals surface area (Å²) in [4.78, 5) is 12.2. The molecule has 6 heteroatoms. The molecule has 0 aromatic heterocycles. The Morgan fingerprint density at radius 2 is 1.61 bits per heavy atom. The van der Waals surface area contributed by atoms with Gasteiger partial charge in [-0.1, -0.05) is 45.0 Å². The lowest BCUT2D eigenvalue weighted by atomic mass is 9.87. The smallest absolute Gasteiger partial charge is 0.335 e. The minimum Gasteiger partial charge on any atom is -0.491 e. The van der Waals surface area contributed by atoms with E-state index >= 15 is 0 Å². The van der Waals surface area contributed by atoms with Crippen LogP contribution in [0.3, 0.4) is 0 Å². The standard InChI is InChI=1S/C27H38O6/c1-7-30-26(29)25(33-19(2)3)16-20-9-8-10-24(15-20)32-18-22(28)17-31-23-13-11-21(12-14-23)27(4,5)6/h8-15,19,22,25,28H,7,16-18H2,1-6H3. The van der Waals surface area contributed by atoms with Gasteiger partial charge in [-0.2, -0.15) is 0 Å². The van der Waals surface area contributed by atoms with E-state index in [4.69, 9.17) is 18.9 Å². The summed E-state index contributed by atoms with van der Waals surface area (Å²) in [5, 5.41) is 10.3. The number of benzene rings is 2. The van der Waals surface area contributed by atoms with Crippen molar-refractivity contribution in [3.05, 3.63) is 59.7 Å². The van der Waals surface area contributed by atoms with Crippen LogP contribution in [0.25, 0.3) is 0 Å². The van der Waals surface area contributed by atoms with E-state index in [1.54, 1.807) is 6.92 Å². The van der Waals surface area contributed by atoms with Gasteiger partial charge in [0.2, 0.25) is 0 Å². The van der Waals surface area contributed by atoms with Gasteiger partial charge in [-0.25, -0.2) is 4.79 Å². The summed E-state index contributed by atoms with van der Waals surface area (Å²) >= 11 is 0. The summed E-state index contributed by atoms with van der Waals surface area (Å²) in [5.41, 5.74) is 2.19. The molecule has 0 saturated carbocycles. The van der Waals surface area contributed by atoms with Crippen LogP contribution >= 0.6 is 0 Å². The molecule has 1 N–H and O–H groups in total. The molecule has 0 radical (unpaired) electrons. The van der Waals surface area contributed by atoms with Gasteiger partial charge in [0.05, 0.1) is 12.7 Å². The molecule has 0 aliphatic carbocycles. The topological polar surface area (TPSA) is 74.2 Å². The van der Waals surface area contributed by atoms with E-state index < -0.39 is 12.2 Å². The van der Waals surface area contributed by atoms with E-state index in [1.807, 2.05) is 62.4 Å². The lowest BCUT2D eigenvalue weighted by Crippen LogP contribution is -2.31. The summed E-state index contributed by atoms with van der Waals surface area (Å²) in [5.74, 6) is 0.938. The van der Waals surface area contributed by atoms with Crippen molar-refractivity contribution < 1.29 is 28.8 Å². The summed E-state index contributed by atoms with van der Waals surface area (Å²) < 4.78 is 22.3. The van der Waals surface area contributed by atoms with Crippen LogP contribution < -0.4 is 9.47 Å². The maximum absolute atomic E-state index is 12.2. The molecule has 2 rings (SSSR count). The largest absolute Gasteiger partial charge is 0.491 e. The normalized spacial score (nSPS) is 13.5. The fraction of sp³-hybridized carbons (Fsp3) is 0.519. The zero-order valence-corrected chi connectivity index (χ0v) is 20.7. The predicted molar refractivity (Wildman–Crippen MR) is 129 cm³/mol. The monoisotopic (exact) mass is 458 g/mol. The average molecular weight is 459 g/mol. The molecule has 0 fully saturated rings. The number of carbonyl (C=O) groups is 1. The second-order valence-electron chi connectivity index (χ2n) is 9.33. The average Bonchev–Trinajstić information content (AvgIpc) is 2.75. The van der Waals surface area contributed by atoms with Crippen molar-refractivity contribution >= 4 is 5.97 Å². The van der Waals surface area contributed by atoms with Crippen LogP contribution in [0.15, 0.2) is 48.5 Å². The Balaban J connectivity index is 1.87. The van der Waals surface area contributed by atoms with Crippen molar-refractivity contribution in [2.75, 3.05) is 19.8 Å². The van der Waals surface area contributed by atoms with Crippen molar-refractivity contribution in [3.63, 3.8) is 0 Å². The molecule has 0 spiro atoms. The van der Waals surface area contributed by atoms with Crippen LogP contribution in [0.5, 0.6) is 11.5 Å². The lowest BCUT2D eigenvalue weighted by molar-refractivity contribution is -0.159. The first kappa shape index (κ1) is 26.7. The van der Waals surface area contributed by atoms with Crippen molar-refractivity contribution in [2.24, 2.45) is 0 Å². The van der Waals surface area contributed by atoms with E-state index in [-0.39, 0.29) is 30.7 Å². The first-order chi connectivity index (χ1) is 15.6. The lowest BCUT2D eigenvalue weighted by Gasteiger charge is -2.20.